The summed E-state index contributed by atoms with van der Waals surface area (Å²) < 4.78 is 11.3. The van der Waals surface area contributed by atoms with Crippen molar-refractivity contribution in [2.24, 2.45) is 11.8 Å². The zero-order valence-electron chi connectivity index (χ0n) is 21.8. The van der Waals surface area contributed by atoms with Gasteiger partial charge in [0.05, 0.1) is 18.5 Å². The summed E-state index contributed by atoms with van der Waals surface area (Å²) in [6.45, 7) is 4.29. The van der Waals surface area contributed by atoms with Gasteiger partial charge < -0.3 is 20.1 Å². The summed E-state index contributed by atoms with van der Waals surface area (Å²) in [6.07, 6.45) is 2.63. The molecule has 0 radical (unpaired) electrons. The molecule has 10 nitrogen and oxygen atoms in total. The Morgan fingerprint density at radius 1 is 1.00 bits per heavy atom. The normalized spacial score (nSPS) is 18.0. The number of hydrogen-bond acceptors (Lipinski definition) is 7. The molecule has 4 amide bonds. The lowest BCUT2D eigenvalue weighted by Crippen LogP contribution is -2.48. The number of carbonyl (C=O) groups excluding carboxylic acids is 5. The van der Waals surface area contributed by atoms with Crippen LogP contribution in [0.5, 0.6) is 11.5 Å². The van der Waals surface area contributed by atoms with E-state index in [1.54, 1.807) is 38.1 Å². The minimum atomic E-state index is -1.14. The Bertz CT molecular complexity index is 1290. The van der Waals surface area contributed by atoms with E-state index in [0.29, 0.717) is 30.3 Å². The molecule has 0 bridgehead atoms. The van der Waals surface area contributed by atoms with Crippen LogP contribution in [0.1, 0.15) is 43.9 Å². The van der Waals surface area contributed by atoms with Crippen LogP contribution in [0.2, 0.25) is 0 Å². The second kappa shape index (κ2) is 12.4. The van der Waals surface area contributed by atoms with Gasteiger partial charge >= 0.3 is 0 Å². The third-order valence-electron chi connectivity index (χ3n) is 6.50. The first-order valence-electron chi connectivity index (χ1n) is 12.8. The molecule has 2 aliphatic rings. The molecule has 1 saturated heterocycles. The van der Waals surface area contributed by atoms with Crippen molar-refractivity contribution in [3.63, 3.8) is 0 Å². The van der Waals surface area contributed by atoms with Crippen LogP contribution in [-0.2, 0) is 24.0 Å². The largest absolute Gasteiger partial charge is 0.486 e. The number of ether oxygens (including phenoxy) is 2. The molecular formula is C29H31N3O7. The minimum Gasteiger partial charge on any atom is -0.486 e. The van der Waals surface area contributed by atoms with Gasteiger partial charge in [-0.25, -0.2) is 0 Å². The van der Waals surface area contributed by atoms with E-state index in [4.69, 9.17) is 9.47 Å². The van der Waals surface area contributed by atoms with Gasteiger partial charge in [0.1, 0.15) is 19.1 Å². The van der Waals surface area contributed by atoms with Crippen LogP contribution in [0.3, 0.4) is 0 Å². The summed E-state index contributed by atoms with van der Waals surface area (Å²) in [5, 5.41) is 7.71. The highest BCUT2D eigenvalue weighted by Gasteiger charge is 2.41. The van der Waals surface area contributed by atoms with Gasteiger partial charge in [0.25, 0.3) is 0 Å². The van der Waals surface area contributed by atoms with Crippen LogP contribution in [-0.4, -0.2) is 48.7 Å². The molecule has 1 fully saturated rings. The molecule has 39 heavy (non-hydrogen) atoms. The van der Waals surface area contributed by atoms with Gasteiger partial charge in [0.15, 0.2) is 17.3 Å². The van der Waals surface area contributed by atoms with Gasteiger partial charge in [-0.15, -0.1) is 0 Å². The second-order valence-corrected chi connectivity index (χ2v) is 9.77. The third-order valence-corrected chi connectivity index (χ3v) is 6.50. The van der Waals surface area contributed by atoms with Crippen LogP contribution >= 0.6 is 0 Å². The molecule has 3 unspecified atom stereocenters. The fourth-order valence-corrected chi connectivity index (χ4v) is 4.47. The Labute approximate surface area is 226 Å². The van der Waals surface area contributed by atoms with Gasteiger partial charge in [-0.05, 0) is 35.3 Å². The van der Waals surface area contributed by atoms with Crippen molar-refractivity contribution in [3.05, 3.63) is 65.7 Å². The van der Waals surface area contributed by atoms with E-state index in [2.05, 4.69) is 16.0 Å². The molecular weight excluding hydrogens is 502 g/mol. The molecule has 2 aromatic rings. The Hall–Kier alpha value is -4.47. The average Bonchev–Trinajstić information content (AvgIpc) is 3.27. The molecule has 2 heterocycles. The fourth-order valence-electron chi connectivity index (χ4n) is 4.47. The maximum atomic E-state index is 13.2. The lowest BCUT2D eigenvalue weighted by Gasteiger charge is -2.25. The highest BCUT2D eigenvalue weighted by molar-refractivity contribution is 6.15. The summed E-state index contributed by atoms with van der Waals surface area (Å²) >= 11 is 0. The molecule has 2 aromatic carbocycles. The van der Waals surface area contributed by atoms with Crippen molar-refractivity contribution in [2.45, 2.75) is 38.8 Å². The number of Topliss-reactive ketones (excluding diaryl/α,β-unsaturated/α-hetero) is 1. The van der Waals surface area contributed by atoms with Gasteiger partial charge in [0, 0.05) is 12.5 Å². The summed E-state index contributed by atoms with van der Waals surface area (Å²) in [4.78, 5) is 62.8. The number of hydrogen-bond donors (Lipinski definition) is 3. The van der Waals surface area contributed by atoms with E-state index in [1.807, 2.05) is 30.3 Å². The van der Waals surface area contributed by atoms with Crippen molar-refractivity contribution >= 4 is 35.5 Å². The summed E-state index contributed by atoms with van der Waals surface area (Å²) in [5.74, 6) is -3.00. The Balaban J connectivity index is 1.51. The smallest absolute Gasteiger partial charge is 0.244 e. The molecule has 4 rings (SSSR count). The summed E-state index contributed by atoms with van der Waals surface area (Å²) in [5.41, 5.74) is 1.46. The topological polar surface area (TPSA) is 140 Å². The minimum absolute atomic E-state index is 0.184. The van der Waals surface area contributed by atoms with E-state index < -0.39 is 47.4 Å². The van der Waals surface area contributed by atoms with Gasteiger partial charge in [-0.1, -0.05) is 50.2 Å². The van der Waals surface area contributed by atoms with E-state index in [-0.39, 0.29) is 18.8 Å². The number of imide groups is 1. The van der Waals surface area contributed by atoms with Crippen molar-refractivity contribution in [3.8, 4) is 11.5 Å². The van der Waals surface area contributed by atoms with Crippen LogP contribution in [0.15, 0.2) is 54.6 Å². The monoisotopic (exact) mass is 533 g/mol. The van der Waals surface area contributed by atoms with Crippen molar-refractivity contribution in [1.29, 1.82) is 0 Å². The lowest BCUT2D eigenvalue weighted by atomic mass is 9.89. The summed E-state index contributed by atoms with van der Waals surface area (Å²) in [7, 11) is 0. The number of ketones is 1. The van der Waals surface area contributed by atoms with Crippen LogP contribution in [0.4, 0.5) is 0 Å². The number of carbonyl (C=O) groups is 5. The van der Waals surface area contributed by atoms with Gasteiger partial charge in [0.2, 0.25) is 23.6 Å². The maximum absolute atomic E-state index is 13.2. The molecule has 10 heteroatoms. The molecule has 0 aliphatic carbocycles. The van der Waals surface area contributed by atoms with Gasteiger partial charge in [-0.3, -0.25) is 29.3 Å². The second-order valence-electron chi connectivity index (χ2n) is 9.77. The number of rotatable bonds is 10. The van der Waals surface area contributed by atoms with Crippen molar-refractivity contribution in [1.82, 2.24) is 16.0 Å². The Morgan fingerprint density at radius 3 is 2.38 bits per heavy atom. The van der Waals surface area contributed by atoms with Crippen molar-refractivity contribution < 1.29 is 33.4 Å². The van der Waals surface area contributed by atoms with Crippen LogP contribution < -0.4 is 25.4 Å². The first-order chi connectivity index (χ1) is 18.7. The molecule has 3 N–H and O–H groups in total. The molecule has 3 atom stereocenters. The molecule has 2 aliphatic heterocycles. The van der Waals surface area contributed by atoms with Crippen LogP contribution in [0, 0.1) is 11.8 Å². The predicted molar refractivity (Wildman–Crippen MR) is 141 cm³/mol. The molecule has 204 valence electrons. The van der Waals surface area contributed by atoms with E-state index in [9.17, 15) is 24.0 Å². The zero-order chi connectivity index (χ0) is 27.9. The summed E-state index contributed by atoms with van der Waals surface area (Å²) in [6, 6.07) is 12.8. The molecule has 0 saturated carbocycles. The van der Waals surface area contributed by atoms with E-state index in [1.165, 1.54) is 6.08 Å². The van der Waals surface area contributed by atoms with E-state index >= 15 is 0 Å². The van der Waals surface area contributed by atoms with Crippen molar-refractivity contribution in [2.75, 3.05) is 13.2 Å². The first kappa shape index (κ1) is 27.6. The number of fused-ring (bicyclic) bond motifs is 1. The first-order valence-corrected chi connectivity index (χ1v) is 12.8. The SMILES string of the molecule is CC(C)C(NC(=O)CC(NC(=O)/C=C/c1ccccc1)c1ccc2c(c1)OCCO2)C(=O)C1CC(=O)NC1=O. The number of nitrogens with one attached hydrogen (secondary N) is 3. The Kier molecular flexibility index (Phi) is 8.75. The standard InChI is InChI=1S/C29H31N3O7/c1-17(2)27(28(36)20-15-25(34)32-29(20)37)31-26(35)16-21(19-9-10-22-23(14-19)39-13-12-38-22)30-24(33)11-8-18-6-4-3-5-7-18/h3-11,14,17,20-21,27H,12-13,15-16H2,1-2H3,(H,30,33)(H,31,35)(H,32,34,37)/b11-8+. The van der Waals surface area contributed by atoms with Crippen LogP contribution in [0.25, 0.3) is 6.08 Å². The molecule has 0 aromatic heterocycles. The van der Waals surface area contributed by atoms with E-state index in [0.717, 1.165) is 5.56 Å². The number of benzene rings is 2. The molecule has 0 spiro atoms. The maximum Gasteiger partial charge on any atom is 0.244 e. The predicted octanol–water partition coefficient (Wildman–Crippen LogP) is 2.09. The Morgan fingerprint density at radius 2 is 1.72 bits per heavy atom. The zero-order valence-corrected chi connectivity index (χ0v) is 21.8. The fraction of sp³-hybridized carbons (Fsp3) is 0.345. The lowest BCUT2D eigenvalue weighted by molar-refractivity contribution is -0.136. The quantitative estimate of drug-likeness (QED) is 0.241. The highest BCUT2D eigenvalue weighted by atomic mass is 16.6. The number of amides is 4. The highest BCUT2D eigenvalue weighted by Crippen LogP contribution is 2.33. The average molecular weight is 534 g/mol. The third kappa shape index (κ3) is 7.10. The van der Waals surface area contributed by atoms with Gasteiger partial charge in [-0.2, -0.15) is 0 Å².